The van der Waals surface area contributed by atoms with Crippen LogP contribution in [-0.4, -0.2) is 45.0 Å². The predicted molar refractivity (Wildman–Crippen MR) is 168 cm³/mol. The molecular formula is C30H56N4O4Si2. The van der Waals surface area contributed by atoms with E-state index in [-0.39, 0.29) is 15.9 Å². The molecule has 1 aromatic rings. The smallest absolute Gasteiger partial charge is 0.351 e. The minimum absolute atomic E-state index is 0.0167. The third kappa shape index (κ3) is 6.75. The molecule has 0 aromatic carbocycles. The van der Waals surface area contributed by atoms with Crippen LogP contribution in [0.3, 0.4) is 0 Å². The fraction of sp³-hybridized carbons (Fsp3) is 0.833. The van der Waals surface area contributed by atoms with E-state index in [1.807, 2.05) is 0 Å². The molecule has 1 fully saturated rings. The van der Waals surface area contributed by atoms with Gasteiger partial charge in [-0.05, 0) is 53.2 Å². The number of hydrogen-bond acceptors (Lipinski definition) is 7. The van der Waals surface area contributed by atoms with Crippen LogP contribution in [0.2, 0.25) is 34.3 Å². The van der Waals surface area contributed by atoms with Crippen LogP contribution in [0.25, 0.3) is 0 Å². The number of aromatic nitrogens is 2. The maximum atomic E-state index is 12.9. The molecule has 228 valence electrons. The van der Waals surface area contributed by atoms with E-state index in [0.717, 1.165) is 49.9 Å². The molecule has 2 rings (SSSR count). The third-order valence-corrected chi connectivity index (χ3v) is 21.4. The van der Waals surface area contributed by atoms with Gasteiger partial charge in [0.05, 0.1) is 18.8 Å². The van der Waals surface area contributed by atoms with Crippen LogP contribution in [-0.2, 0) is 13.6 Å². The monoisotopic (exact) mass is 592 g/mol. The summed E-state index contributed by atoms with van der Waals surface area (Å²) >= 11 is 0. The highest BCUT2D eigenvalue weighted by Crippen LogP contribution is 2.51. The van der Waals surface area contributed by atoms with Crippen molar-refractivity contribution >= 4 is 22.5 Å². The van der Waals surface area contributed by atoms with E-state index in [1.54, 1.807) is 12.3 Å². The largest absolute Gasteiger partial charge is 0.414 e. The number of nitrogen functional groups attached to an aromatic ring is 1. The van der Waals surface area contributed by atoms with E-state index in [0.29, 0.717) is 6.61 Å². The standard InChI is InChI=1S/C30H56N4O4Si2/c1-11-18-29(7,8)39(13-3,14-4)36-22-24-26(38-40(15-5,16-6)30(9,10)19-12-2)23(21-31)27(37-24)34-20-17-25(32)33-28(34)35/h17,20,23-24,26-27H,11-16,18-19,22H2,1-10H3,(H2,32,33,35)/t23-,24+,26-,27+/m0/s1. The normalized spacial score (nSPS) is 22.4. The fourth-order valence-electron chi connectivity index (χ4n) is 7.36. The number of hydrogen-bond donors (Lipinski definition) is 1. The van der Waals surface area contributed by atoms with Crippen LogP contribution in [0, 0.1) is 17.2 Å². The van der Waals surface area contributed by atoms with Gasteiger partial charge in [0.1, 0.15) is 17.8 Å². The number of rotatable bonds is 16. The maximum Gasteiger partial charge on any atom is 0.351 e. The second kappa shape index (κ2) is 14.1. The van der Waals surface area contributed by atoms with Gasteiger partial charge in [-0.2, -0.15) is 10.2 Å². The zero-order valence-corrected chi connectivity index (χ0v) is 28.9. The first-order chi connectivity index (χ1) is 18.8. The van der Waals surface area contributed by atoms with Gasteiger partial charge in [-0.25, -0.2) is 4.79 Å². The fourth-order valence-corrected chi connectivity index (χ4v) is 16.4. The Morgan fingerprint density at radius 1 is 1.00 bits per heavy atom. The van der Waals surface area contributed by atoms with E-state index in [1.165, 1.54) is 4.57 Å². The van der Waals surface area contributed by atoms with Crippen molar-refractivity contribution in [2.45, 2.75) is 148 Å². The summed E-state index contributed by atoms with van der Waals surface area (Å²) in [7, 11) is -4.52. The van der Waals surface area contributed by atoms with Crippen molar-refractivity contribution < 1.29 is 13.6 Å². The average Bonchev–Trinajstić information content (AvgIpc) is 3.24. The van der Waals surface area contributed by atoms with Gasteiger partial charge < -0.3 is 19.3 Å². The van der Waals surface area contributed by atoms with Crippen molar-refractivity contribution in [3.05, 3.63) is 22.7 Å². The van der Waals surface area contributed by atoms with Crippen LogP contribution < -0.4 is 11.4 Å². The first-order valence-electron chi connectivity index (χ1n) is 15.5. The number of ether oxygens (including phenoxy) is 1. The highest BCUT2D eigenvalue weighted by molar-refractivity contribution is 6.77. The third-order valence-electron chi connectivity index (χ3n) is 10.0. The van der Waals surface area contributed by atoms with Gasteiger partial charge in [-0.3, -0.25) is 4.57 Å². The van der Waals surface area contributed by atoms with Crippen molar-refractivity contribution in [3.8, 4) is 6.07 Å². The molecule has 2 N–H and O–H groups in total. The van der Waals surface area contributed by atoms with Crippen LogP contribution >= 0.6 is 0 Å². The summed E-state index contributed by atoms with van der Waals surface area (Å²) in [4.78, 5) is 16.8. The first-order valence-corrected chi connectivity index (χ1v) is 20.1. The van der Waals surface area contributed by atoms with Crippen molar-refractivity contribution in [1.29, 1.82) is 5.26 Å². The number of nitrogens with zero attached hydrogens (tertiary/aromatic N) is 3. The summed E-state index contributed by atoms with van der Waals surface area (Å²) in [5.74, 6) is -0.535. The van der Waals surface area contributed by atoms with Crippen LogP contribution in [0.4, 0.5) is 5.82 Å². The first kappa shape index (κ1) is 34.7. The Balaban J connectivity index is 2.59. The van der Waals surface area contributed by atoms with Gasteiger partial charge in [-0.1, -0.05) is 82.1 Å². The van der Waals surface area contributed by atoms with Gasteiger partial charge in [0.15, 0.2) is 22.9 Å². The van der Waals surface area contributed by atoms with Crippen LogP contribution in [0.15, 0.2) is 17.1 Å². The summed E-state index contributed by atoms with van der Waals surface area (Å²) < 4.78 is 22.3. The number of nitriles is 1. The molecular weight excluding hydrogens is 537 g/mol. The zero-order chi connectivity index (χ0) is 30.4. The molecule has 0 spiro atoms. The molecule has 4 atom stereocenters. The summed E-state index contributed by atoms with van der Waals surface area (Å²) in [6.07, 6.45) is 4.13. The molecule has 0 radical (unpaired) electrons. The lowest BCUT2D eigenvalue weighted by molar-refractivity contribution is -0.0435. The van der Waals surface area contributed by atoms with Gasteiger partial charge >= 0.3 is 5.69 Å². The lowest BCUT2D eigenvalue weighted by atomic mass is 10.0. The Labute approximate surface area is 245 Å². The van der Waals surface area contributed by atoms with E-state index < -0.39 is 46.7 Å². The Kier molecular flexibility index (Phi) is 12.2. The van der Waals surface area contributed by atoms with Crippen molar-refractivity contribution in [2.24, 2.45) is 5.92 Å². The Morgan fingerprint density at radius 3 is 1.98 bits per heavy atom. The lowest BCUT2D eigenvalue weighted by Gasteiger charge is -2.47. The molecule has 1 aliphatic rings. The van der Waals surface area contributed by atoms with E-state index in [2.05, 4.69) is 80.3 Å². The summed E-state index contributed by atoms with van der Waals surface area (Å²) in [6, 6.07) is 7.94. The van der Waals surface area contributed by atoms with Gasteiger partial charge in [0.2, 0.25) is 0 Å². The molecule has 2 heterocycles. The molecule has 0 bridgehead atoms. The van der Waals surface area contributed by atoms with E-state index in [9.17, 15) is 10.1 Å². The number of anilines is 1. The van der Waals surface area contributed by atoms with E-state index in [4.69, 9.17) is 19.3 Å². The van der Waals surface area contributed by atoms with Crippen molar-refractivity contribution in [1.82, 2.24) is 9.55 Å². The highest BCUT2D eigenvalue weighted by atomic mass is 28.4. The van der Waals surface area contributed by atoms with Crippen LogP contribution in [0.1, 0.15) is 101 Å². The molecule has 8 nitrogen and oxygen atoms in total. The van der Waals surface area contributed by atoms with Gasteiger partial charge in [0.25, 0.3) is 0 Å². The second-order valence-corrected chi connectivity index (χ2v) is 22.9. The van der Waals surface area contributed by atoms with Crippen LogP contribution in [0.5, 0.6) is 0 Å². The van der Waals surface area contributed by atoms with Crippen molar-refractivity contribution in [3.63, 3.8) is 0 Å². The molecule has 0 saturated carbocycles. The zero-order valence-electron chi connectivity index (χ0n) is 26.9. The average molecular weight is 593 g/mol. The molecule has 1 aromatic heterocycles. The molecule has 0 amide bonds. The molecule has 1 saturated heterocycles. The number of nitrogens with two attached hydrogens (primary N) is 1. The van der Waals surface area contributed by atoms with E-state index >= 15 is 0 Å². The predicted octanol–water partition coefficient (Wildman–Crippen LogP) is 7.40. The summed E-state index contributed by atoms with van der Waals surface area (Å²) in [6.45, 7) is 23.1. The summed E-state index contributed by atoms with van der Waals surface area (Å²) in [5.41, 5.74) is 5.24. The molecule has 40 heavy (non-hydrogen) atoms. The Morgan fingerprint density at radius 2 is 1.52 bits per heavy atom. The quantitative estimate of drug-likeness (QED) is 0.199. The minimum Gasteiger partial charge on any atom is -0.414 e. The highest BCUT2D eigenvalue weighted by Gasteiger charge is 2.55. The second-order valence-electron chi connectivity index (χ2n) is 12.8. The minimum atomic E-state index is -2.35. The SMILES string of the molecule is CCCC(C)(C)[Si](CC)(CC)OC[C@H]1O[C@@H](n2ccc(N)nc2=O)[C@@H](C#N)[C@@H]1O[Si](CC)(CC)C(C)(C)CCC. The molecule has 0 aliphatic carbocycles. The lowest BCUT2D eigenvalue weighted by Crippen LogP contribution is -2.54. The van der Waals surface area contributed by atoms with Gasteiger partial charge in [-0.15, -0.1) is 0 Å². The molecule has 1 aliphatic heterocycles. The Hall–Kier alpha value is -1.52. The topological polar surface area (TPSA) is 112 Å². The molecule has 0 unspecified atom stereocenters. The maximum absolute atomic E-state index is 12.9. The van der Waals surface area contributed by atoms with Gasteiger partial charge in [0, 0.05) is 6.20 Å². The Bertz CT molecular complexity index is 1050. The summed E-state index contributed by atoms with van der Waals surface area (Å²) in [5, 5.41) is 10.6. The molecule has 10 heteroatoms. The van der Waals surface area contributed by atoms with Crippen molar-refractivity contribution in [2.75, 3.05) is 12.3 Å².